The molecule has 0 bridgehead atoms. The van der Waals surface area contributed by atoms with Gasteiger partial charge in [0, 0.05) is 5.57 Å². The Kier molecular flexibility index (Phi) is 2.53. The van der Waals surface area contributed by atoms with Gasteiger partial charge in [0.2, 0.25) is 0 Å². The molecule has 4 heteroatoms. The van der Waals surface area contributed by atoms with Gasteiger partial charge in [-0.25, -0.2) is 4.79 Å². The van der Waals surface area contributed by atoms with Crippen molar-refractivity contribution in [3.8, 4) is 0 Å². The summed E-state index contributed by atoms with van der Waals surface area (Å²) < 4.78 is 5.39. The van der Waals surface area contributed by atoms with Gasteiger partial charge in [0.25, 0.3) is 0 Å². The monoisotopic (exact) mass is 262 g/mol. The Morgan fingerprint density at radius 1 is 1.47 bits per heavy atom. The fourth-order valence-electron chi connectivity index (χ4n) is 3.73. The summed E-state index contributed by atoms with van der Waals surface area (Å²) in [7, 11) is 0. The molecule has 0 amide bonds. The molecule has 1 heterocycles. The van der Waals surface area contributed by atoms with Crippen molar-refractivity contribution in [3.05, 3.63) is 36.0 Å². The van der Waals surface area contributed by atoms with E-state index in [0.717, 1.165) is 5.57 Å². The second-order valence-electron chi connectivity index (χ2n) is 5.85. The number of carbonyl (C=O) groups excluding carboxylic acids is 1. The van der Waals surface area contributed by atoms with Gasteiger partial charge < -0.3 is 14.9 Å². The molecule has 3 aliphatic rings. The van der Waals surface area contributed by atoms with Crippen molar-refractivity contribution < 1.29 is 19.7 Å². The highest BCUT2D eigenvalue weighted by atomic mass is 16.6. The zero-order chi connectivity index (χ0) is 13.9. The van der Waals surface area contributed by atoms with E-state index in [-0.39, 0.29) is 12.3 Å². The Balaban J connectivity index is 2.11. The third-order valence-corrected chi connectivity index (χ3v) is 4.81. The maximum atomic E-state index is 11.7. The Morgan fingerprint density at radius 2 is 2.16 bits per heavy atom. The lowest BCUT2D eigenvalue weighted by molar-refractivity contribution is -0.143. The van der Waals surface area contributed by atoms with Crippen LogP contribution in [0.15, 0.2) is 36.0 Å². The number of aliphatic hydroxyl groups excluding tert-OH is 1. The first kappa shape index (κ1) is 12.6. The van der Waals surface area contributed by atoms with Crippen molar-refractivity contribution in [1.29, 1.82) is 0 Å². The molecule has 0 unspecified atom stereocenters. The fourth-order valence-corrected chi connectivity index (χ4v) is 3.73. The molecule has 4 nitrogen and oxygen atoms in total. The Morgan fingerprint density at radius 3 is 2.84 bits per heavy atom. The molecule has 2 aliphatic carbocycles. The SMILES string of the molecule is C=C1C(=O)O[C@H]2[C@H]1[C@@H](O)CC(=C)[C@]1(O)CC=C(C)[C@H]21. The van der Waals surface area contributed by atoms with Crippen LogP contribution < -0.4 is 0 Å². The van der Waals surface area contributed by atoms with E-state index >= 15 is 0 Å². The molecular formula is C15H18O4. The second kappa shape index (κ2) is 3.81. The number of fused-ring (bicyclic) bond motifs is 3. The van der Waals surface area contributed by atoms with Crippen molar-refractivity contribution in [3.63, 3.8) is 0 Å². The summed E-state index contributed by atoms with van der Waals surface area (Å²) in [5.41, 5.74) is 0.774. The van der Waals surface area contributed by atoms with Crippen molar-refractivity contribution in [2.24, 2.45) is 11.8 Å². The van der Waals surface area contributed by atoms with E-state index in [1.54, 1.807) is 0 Å². The minimum absolute atomic E-state index is 0.269. The molecule has 19 heavy (non-hydrogen) atoms. The molecule has 1 saturated carbocycles. The fraction of sp³-hybridized carbons (Fsp3) is 0.533. The Labute approximate surface area is 112 Å². The predicted molar refractivity (Wildman–Crippen MR) is 69.1 cm³/mol. The standard InChI is InChI=1S/C15H18O4/c1-7-4-5-15(18)8(2)6-10(16)11-9(3)14(17)19-13(11)12(7)15/h4,10-13,16,18H,2-3,5-6H2,1H3/t10-,11+,12+,13-,15+/m0/s1. The van der Waals surface area contributed by atoms with Crippen molar-refractivity contribution in [1.82, 2.24) is 0 Å². The van der Waals surface area contributed by atoms with Gasteiger partial charge in [-0.05, 0) is 25.3 Å². The number of hydrogen-bond acceptors (Lipinski definition) is 4. The van der Waals surface area contributed by atoms with Crippen molar-refractivity contribution in [2.45, 2.75) is 37.6 Å². The molecule has 1 aliphatic heterocycles. The first-order valence-corrected chi connectivity index (χ1v) is 6.51. The third kappa shape index (κ3) is 1.50. The van der Waals surface area contributed by atoms with Gasteiger partial charge in [-0.2, -0.15) is 0 Å². The van der Waals surface area contributed by atoms with E-state index in [0.29, 0.717) is 17.6 Å². The van der Waals surface area contributed by atoms with Crippen LogP contribution in [-0.4, -0.2) is 34.0 Å². The molecular weight excluding hydrogens is 244 g/mol. The first-order valence-electron chi connectivity index (χ1n) is 6.51. The zero-order valence-corrected chi connectivity index (χ0v) is 10.9. The van der Waals surface area contributed by atoms with Gasteiger partial charge in [0.15, 0.2) is 0 Å². The first-order chi connectivity index (χ1) is 8.86. The summed E-state index contributed by atoms with van der Waals surface area (Å²) >= 11 is 0. The lowest BCUT2D eigenvalue weighted by atomic mass is 9.77. The van der Waals surface area contributed by atoms with Gasteiger partial charge >= 0.3 is 5.97 Å². The maximum absolute atomic E-state index is 11.7. The highest BCUT2D eigenvalue weighted by Crippen LogP contribution is 2.52. The van der Waals surface area contributed by atoms with E-state index in [4.69, 9.17) is 4.74 Å². The Hall–Kier alpha value is -1.39. The molecule has 3 rings (SSSR count). The van der Waals surface area contributed by atoms with E-state index < -0.39 is 29.7 Å². The molecule has 1 saturated heterocycles. The average molecular weight is 262 g/mol. The van der Waals surface area contributed by atoms with Crippen LogP contribution >= 0.6 is 0 Å². The number of rotatable bonds is 0. The van der Waals surface area contributed by atoms with Crippen LogP contribution in [0.5, 0.6) is 0 Å². The lowest BCUT2D eigenvalue weighted by Crippen LogP contribution is -2.43. The Bertz CT molecular complexity index is 518. The summed E-state index contributed by atoms with van der Waals surface area (Å²) in [6, 6.07) is 0. The molecule has 0 aromatic rings. The van der Waals surface area contributed by atoms with Crippen LogP contribution in [0.25, 0.3) is 0 Å². The summed E-state index contributed by atoms with van der Waals surface area (Å²) in [5.74, 6) is -1.25. The topological polar surface area (TPSA) is 66.8 Å². The highest BCUT2D eigenvalue weighted by molar-refractivity contribution is 5.91. The quantitative estimate of drug-likeness (QED) is 0.390. The normalized spacial score (nSPS) is 45.4. The summed E-state index contributed by atoms with van der Waals surface area (Å²) in [5, 5.41) is 21.2. The van der Waals surface area contributed by atoms with E-state index in [9.17, 15) is 15.0 Å². The van der Waals surface area contributed by atoms with E-state index in [1.807, 2.05) is 13.0 Å². The largest absolute Gasteiger partial charge is 0.457 e. The maximum Gasteiger partial charge on any atom is 0.334 e. The van der Waals surface area contributed by atoms with Gasteiger partial charge in [-0.1, -0.05) is 24.8 Å². The van der Waals surface area contributed by atoms with Crippen molar-refractivity contribution >= 4 is 5.97 Å². The average Bonchev–Trinajstić information content (AvgIpc) is 2.76. The predicted octanol–water partition coefficient (Wildman–Crippen LogP) is 1.10. The number of hydrogen-bond donors (Lipinski definition) is 2. The minimum Gasteiger partial charge on any atom is -0.457 e. The van der Waals surface area contributed by atoms with E-state index in [2.05, 4.69) is 13.2 Å². The van der Waals surface area contributed by atoms with Crippen LogP contribution in [0.2, 0.25) is 0 Å². The summed E-state index contributed by atoms with van der Waals surface area (Å²) in [6.07, 6.45) is 1.36. The van der Waals surface area contributed by atoms with E-state index in [1.165, 1.54) is 0 Å². The molecule has 0 aromatic heterocycles. The molecule has 5 atom stereocenters. The van der Waals surface area contributed by atoms with Crippen LogP contribution in [-0.2, 0) is 9.53 Å². The van der Waals surface area contributed by atoms with Crippen LogP contribution in [0, 0.1) is 11.8 Å². The molecule has 2 fully saturated rings. The number of ether oxygens (including phenoxy) is 1. The second-order valence-corrected chi connectivity index (χ2v) is 5.85. The minimum atomic E-state index is -1.12. The van der Waals surface area contributed by atoms with Crippen LogP contribution in [0.3, 0.4) is 0 Å². The van der Waals surface area contributed by atoms with Crippen LogP contribution in [0.1, 0.15) is 19.8 Å². The van der Waals surface area contributed by atoms with Gasteiger partial charge in [-0.3, -0.25) is 0 Å². The highest BCUT2D eigenvalue weighted by Gasteiger charge is 2.58. The van der Waals surface area contributed by atoms with Gasteiger partial charge in [-0.15, -0.1) is 0 Å². The molecule has 102 valence electrons. The number of aliphatic hydroxyl groups is 2. The van der Waals surface area contributed by atoms with Crippen LogP contribution in [0.4, 0.5) is 0 Å². The van der Waals surface area contributed by atoms with Crippen molar-refractivity contribution in [2.75, 3.05) is 0 Å². The van der Waals surface area contributed by atoms with Gasteiger partial charge in [0.05, 0.1) is 23.5 Å². The summed E-state index contributed by atoms with van der Waals surface area (Å²) in [6.45, 7) is 9.58. The molecule has 0 radical (unpaired) electrons. The molecule has 0 spiro atoms. The molecule has 2 N–H and O–H groups in total. The smallest absolute Gasteiger partial charge is 0.334 e. The molecule has 0 aromatic carbocycles. The lowest BCUT2D eigenvalue weighted by Gasteiger charge is -2.34. The van der Waals surface area contributed by atoms with Gasteiger partial charge in [0.1, 0.15) is 6.10 Å². The zero-order valence-electron chi connectivity index (χ0n) is 10.9. The number of carbonyl (C=O) groups is 1. The summed E-state index contributed by atoms with van der Waals surface area (Å²) in [4.78, 5) is 11.7. The number of esters is 1. The third-order valence-electron chi connectivity index (χ3n) is 4.81.